The Bertz CT molecular complexity index is 744. The highest BCUT2D eigenvalue weighted by atomic mass is 32.2. The second-order valence-electron chi connectivity index (χ2n) is 5.51. The third-order valence-electron chi connectivity index (χ3n) is 3.33. The minimum atomic E-state index is -3.75. The molecule has 122 valence electrons. The van der Waals surface area contributed by atoms with Crippen LogP contribution < -0.4 is 10.0 Å². The SMILES string of the molecule is CC(C)C(NS(=O)(=O)c1ccccc1)C(=O)Nc1ccccc1. The summed E-state index contributed by atoms with van der Waals surface area (Å²) in [7, 11) is -3.75. The lowest BCUT2D eigenvalue weighted by atomic mass is 10.0. The lowest BCUT2D eigenvalue weighted by Crippen LogP contribution is -2.46. The molecule has 0 aromatic heterocycles. The van der Waals surface area contributed by atoms with E-state index in [4.69, 9.17) is 0 Å². The molecule has 0 aliphatic carbocycles. The van der Waals surface area contributed by atoms with E-state index < -0.39 is 16.1 Å². The first-order chi connectivity index (χ1) is 10.9. The molecule has 0 spiro atoms. The molecular formula is C17H20N2O3S. The Labute approximate surface area is 136 Å². The van der Waals surface area contributed by atoms with E-state index in [-0.39, 0.29) is 16.7 Å². The van der Waals surface area contributed by atoms with Gasteiger partial charge in [0.05, 0.1) is 4.90 Å². The Hall–Kier alpha value is -2.18. The van der Waals surface area contributed by atoms with Crippen LogP contribution in [0.3, 0.4) is 0 Å². The largest absolute Gasteiger partial charge is 0.325 e. The van der Waals surface area contributed by atoms with Gasteiger partial charge in [0.25, 0.3) is 0 Å². The average Bonchev–Trinajstić information content (AvgIpc) is 2.54. The van der Waals surface area contributed by atoms with Crippen LogP contribution in [0.25, 0.3) is 0 Å². The molecule has 0 saturated heterocycles. The average molecular weight is 332 g/mol. The highest BCUT2D eigenvalue weighted by Gasteiger charge is 2.28. The number of benzene rings is 2. The van der Waals surface area contributed by atoms with Crippen LogP contribution in [0, 0.1) is 5.92 Å². The fourth-order valence-corrected chi connectivity index (χ4v) is 3.43. The number of sulfonamides is 1. The molecule has 2 N–H and O–H groups in total. The highest BCUT2D eigenvalue weighted by molar-refractivity contribution is 7.89. The van der Waals surface area contributed by atoms with Crippen molar-refractivity contribution in [2.45, 2.75) is 24.8 Å². The predicted octanol–water partition coefficient (Wildman–Crippen LogP) is 2.63. The van der Waals surface area contributed by atoms with Gasteiger partial charge >= 0.3 is 0 Å². The Morgan fingerprint density at radius 3 is 1.96 bits per heavy atom. The van der Waals surface area contributed by atoms with E-state index >= 15 is 0 Å². The Balaban J connectivity index is 2.17. The fraction of sp³-hybridized carbons (Fsp3) is 0.235. The van der Waals surface area contributed by atoms with E-state index in [9.17, 15) is 13.2 Å². The van der Waals surface area contributed by atoms with Crippen molar-refractivity contribution in [1.82, 2.24) is 4.72 Å². The maximum absolute atomic E-state index is 12.4. The minimum absolute atomic E-state index is 0.137. The molecule has 1 unspecified atom stereocenters. The Morgan fingerprint density at radius 2 is 1.43 bits per heavy atom. The number of carbonyl (C=O) groups is 1. The van der Waals surface area contributed by atoms with E-state index in [2.05, 4.69) is 10.0 Å². The lowest BCUT2D eigenvalue weighted by molar-refractivity contribution is -0.118. The summed E-state index contributed by atoms with van der Waals surface area (Å²) < 4.78 is 27.3. The van der Waals surface area contributed by atoms with Gasteiger partial charge in [-0.15, -0.1) is 0 Å². The van der Waals surface area contributed by atoms with Gasteiger partial charge in [0.1, 0.15) is 6.04 Å². The van der Waals surface area contributed by atoms with Crippen molar-refractivity contribution >= 4 is 21.6 Å². The van der Waals surface area contributed by atoms with Crippen LogP contribution in [0.5, 0.6) is 0 Å². The molecule has 0 fully saturated rings. The summed E-state index contributed by atoms with van der Waals surface area (Å²) in [5, 5.41) is 2.73. The second kappa shape index (κ2) is 7.39. The molecule has 23 heavy (non-hydrogen) atoms. The molecule has 0 aliphatic heterocycles. The van der Waals surface area contributed by atoms with Crippen LogP contribution in [0.1, 0.15) is 13.8 Å². The molecule has 0 aliphatic rings. The first-order valence-electron chi connectivity index (χ1n) is 7.33. The summed E-state index contributed by atoms with van der Waals surface area (Å²) in [5.41, 5.74) is 0.627. The summed E-state index contributed by atoms with van der Waals surface area (Å²) >= 11 is 0. The van der Waals surface area contributed by atoms with Crippen LogP contribution in [-0.4, -0.2) is 20.4 Å². The van der Waals surface area contributed by atoms with Crippen molar-refractivity contribution in [3.05, 3.63) is 60.7 Å². The van der Waals surface area contributed by atoms with E-state index in [0.29, 0.717) is 5.69 Å². The monoisotopic (exact) mass is 332 g/mol. The molecule has 0 heterocycles. The van der Waals surface area contributed by atoms with Gasteiger partial charge in [-0.1, -0.05) is 50.2 Å². The summed E-state index contributed by atoms with van der Waals surface area (Å²) in [6.07, 6.45) is 0. The Kier molecular flexibility index (Phi) is 5.52. The number of carbonyl (C=O) groups excluding carboxylic acids is 1. The van der Waals surface area contributed by atoms with E-state index in [1.807, 2.05) is 6.07 Å². The number of anilines is 1. The molecule has 1 atom stereocenters. The van der Waals surface area contributed by atoms with Crippen molar-refractivity contribution in [2.75, 3.05) is 5.32 Å². The number of rotatable bonds is 6. The normalized spacial score (nSPS) is 12.8. The van der Waals surface area contributed by atoms with Crippen molar-refractivity contribution in [3.8, 4) is 0 Å². The van der Waals surface area contributed by atoms with Crippen LogP contribution >= 0.6 is 0 Å². The quantitative estimate of drug-likeness (QED) is 0.854. The maximum atomic E-state index is 12.4. The molecule has 2 aromatic rings. The van der Waals surface area contributed by atoms with Crippen molar-refractivity contribution in [3.63, 3.8) is 0 Å². The second-order valence-corrected chi connectivity index (χ2v) is 7.23. The van der Waals surface area contributed by atoms with Crippen molar-refractivity contribution < 1.29 is 13.2 Å². The molecule has 2 aromatic carbocycles. The zero-order valence-electron chi connectivity index (χ0n) is 13.1. The predicted molar refractivity (Wildman–Crippen MR) is 90.5 cm³/mol. The molecule has 5 nitrogen and oxygen atoms in total. The molecular weight excluding hydrogens is 312 g/mol. The molecule has 6 heteroatoms. The van der Waals surface area contributed by atoms with Gasteiger partial charge in [0.15, 0.2) is 0 Å². The van der Waals surface area contributed by atoms with E-state index in [1.54, 1.807) is 56.3 Å². The Morgan fingerprint density at radius 1 is 0.913 bits per heavy atom. The van der Waals surface area contributed by atoms with Crippen LogP contribution in [-0.2, 0) is 14.8 Å². The zero-order valence-corrected chi connectivity index (χ0v) is 13.9. The van der Waals surface area contributed by atoms with E-state index in [1.165, 1.54) is 12.1 Å². The third kappa shape index (κ3) is 4.64. The summed E-state index contributed by atoms with van der Waals surface area (Å²) in [6, 6.07) is 16.1. The minimum Gasteiger partial charge on any atom is -0.325 e. The van der Waals surface area contributed by atoms with Crippen LogP contribution in [0.4, 0.5) is 5.69 Å². The van der Waals surface area contributed by atoms with Crippen molar-refractivity contribution in [1.29, 1.82) is 0 Å². The molecule has 0 saturated carbocycles. The molecule has 0 radical (unpaired) electrons. The van der Waals surface area contributed by atoms with Gasteiger partial charge in [-0.25, -0.2) is 8.42 Å². The lowest BCUT2D eigenvalue weighted by Gasteiger charge is -2.21. The van der Waals surface area contributed by atoms with Crippen molar-refractivity contribution in [2.24, 2.45) is 5.92 Å². The van der Waals surface area contributed by atoms with Crippen LogP contribution in [0.15, 0.2) is 65.6 Å². The zero-order chi connectivity index (χ0) is 16.9. The number of hydrogen-bond donors (Lipinski definition) is 2. The number of hydrogen-bond acceptors (Lipinski definition) is 3. The molecule has 2 rings (SSSR count). The first-order valence-corrected chi connectivity index (χ1v) is 8.82. The summed E-state index contributed by atoms with van der Waals surface area (Å²) in [5.74, 6) is -0.581. The van der Waals surface area contributed by atoms with Gasteiger partial charge in [-0.2, -0.15) is 4.72 Å². The smallest absolute Gasteiger partial charge is 0.242 e. The van der Waals surface area contributed by atoms with Gasteiger partial charge in [-0.05, 0) is 30.2 Å². The number of amides is 1. The highest BCUT2D eigenvalue weighted by Crippen LogP contribution is 2.13. The third-order valence-corrected chi connectivity index (χ3v) is 4.78. The van der Waals surface area contributed by atoms with E-state index in [0.717, 1.165) is 0 Å². The molecule has 0 bridgehead atoms. The van der Waals surface area contributed by atoms with Gasteiger partial charge in [0.2, 0.25) is 15.9 Å². The number of nitrogens with one attached hydrogen (secondary N) is 2. The first kappa shape index (κ1) is 17.2. The van der Waals surface area contributed by atoms with Gasteiger partial charge in [-0.3, -0.25) is 4.79 Å². The van der Waals surface area contributed by atoms with Gasteiger partial charge in [0, 0.05) is 5.69 Å². The fourth-order valence-electron chi connectivity index (χ4n) is 2.07. The maximum Gasteiger partial charge on any atom is 0.242 e. The number of para-hydroxylation sites is 1. The van der Waals surface area contributed by atoms with Gasteiger partial charge < -0.3 is 5.32 Å². The topological polar surface area (TPSA) is 75.3 Å². The molecule has 1 amide bonds. The summed E-state index contributed by atoms with van der Waals surface area (Å²) in [6.45, 7) is 3.59. The van der Waals surface area contributed by atoms with Crippen LogP contribution in [0.2, 0.25) is 0 Å². The standard InChI is InChI=1S/C17H20N2O3S/c1-13(2)16(17(20)18-14-9-5-3-6-10-14)19-23(21,22)15-11-7-4-8-12-15/h3-13,16,19H,1-2H3,(H,18,20). The summed E-state index contributed by atoms with van der Waals surface area (Å²) in [4.78, 5) is 12.6.